The molecule has 0 N–H and O–H groups in total. The van der Waals surface area contributed by atoms with Crippen molar-refractivity contribution in [2.75, 3.05) is 4.31 Å². The zero-order valence-corrected chi connectivity index (χ0v) is 19.5. The van der Waals surface area contributed by atoms with E-state index in [1.54, 1.807) is 67.6 Å². The van der Waals surface area contributed by atoms with Gasteiger partial charge in [0.1, 0.15) is 11.3 Å². The number of benzene rings is 3. The second-order valence-corrected chi connectivity index (χ2v) is 10.4. The monoisotopic (exact) mass is 459 g/mol. The van der Waals surface area contributed by atoms with Gasteiger partial charge in [-0.05, 0) is 75.1 Å². The van der Waals surface area contributed by atoms with Gasteiger partial charge in [0.05, 0.1) is 10.6 Å². The minimum Gasteiger partial charge on any atom is -0.461 e. The van der Waals surface area contributed by atoms with Gasteiger partial charge >= 0.3 is 0 Å². The number of furan rings is 1. The average Bonchev–Trinajstić information content (AvgIpc) is 3.17. The number of nitrogens with zero attached hydrogens (tertiary/aromatic N) is 1. The van der Waals surface area contributed by atoms with Gasteiger partial charge in [0.2, 0.25) is 0 Å². The van der Waals surface area contributed by atoms with Gasteiger partial charge in [0.15, 0.2) is 0 Å². The summed E-state index contributed by atoms with van der Waals surface area (Å²) in [6.45, 7) is 3.66. The van der Waals surface area contributed by atoms with E-state index in [-0.39, 0.29) is 4.90 Å². The lowest BCUT2D eigenvalue weighted by Crippen LogP contribution is -2.37. The normalized spacial score (nSPS) is 13.6. The number of fused-ring (bicyclic) bond motifs is 3. The zero-order chi connectivity index (χ0) is 23.2. The number of aryl methyl sites for hydroxylation is 4. The van der Waals surface area contributed by atoms with Crippen LogP contribution in [0, 0.1) is 13.8 Å². The Kier molecular flexibility index (Phi) is 5.33. The van der Waals surface area contributed by atoms with Crippen molar-refractivity contribution in [1.29, 1.82) is 0 Å². The number of carbonyl (C=O) groups excluding carboxylic acids is 1. The molecule has 168 valence electrons. The number of hydrogen-bond donors (Lipinski definition) is 0. The molecule has 1 aromatic heterocycles. The summed E-state index contributed by atoms with van der Waals surface area (Å²) < 4.78 is 34.8. The first kappa shape index (κ1) is 21.5. The molecule has 0 saturated carbocycles. The molecule has 1 aliphatic rings. The predicted octanol–water partition coefficient (Wildman–Crippen LogP) is 5.96. The minimum absolute atomic E-state index is 0.117. The SMILES string of the molecule is Cc1ccc(S(=O)(=O)N(C(=O)c2ccccc2)c2ccc3oc4c(c3c2)CCCC4)c(C)c1. The molecule has 33 heavy (non-hydrogen) atoms. The highest BCUT2D eigenvalue weighted by Crippen LogP contribution is 2.36. The van der Waals surface area contributed by atoms with E-state index >= 15 is 0 Å². The van der Waals surface area contributed by atoms with Gasteiger partial charge in [-0.25, -0.2) is 8.42 Å². The van der Waals surface area contributed by atoms with Crippen LogP contribution in [0.15, 0.2) is 76.0 Å². The standard InChI is InChI=1S/C27H25NO4S/c1-18-12-15-26(19(2)16-18)33(30,31)28(27(29)20-8-4-3-5-9-20)21-13-14-25-23(17-21)22-10-6-7-11-24(22)32-25/h3-5,8-9,12-17H,6-7,10-11H2,1-2H3. The quantitative estimate of drug-likeness (QED) is 0.377. The first-order chi connectivity index (χ1) is 15.9. The fourth-order valence-corrected chi connectivity index (χ4v) is 6.24. The second kappa shape index (κ2) is 8.19. The molecule has 4 aromatic rings. The number of carbonyl (C=O) groups is 1. The maximum atomic E-state index is 13.9. The van der Waals surface area contributed by atoms with Crippen LogP contribution >= 0.6 is 0 Å². The van der Waals surface area contributed by atoms with E-state index < -0.39 is 15.9 Å². The van der Waals surface area contributed by atoms with Crippen molar-refractivity contribution in [1.82, 2.24) is 0 Å². The summed E-state index contributed by atoms with van der Waals surface area (Å²) >= 11 is 0. The average molecular weight is 460 g/mol. The van der Waals surface area contributed by atoms with E-state index in [0.29, 0.717) is 16.8 Å². The van der Waals surface area contributed by atoms with E-state index in [0.717, 1.165) is 57.8 Å². The van der Waals surface area contributed by atoms with Gasteiger partial charge < -0.3 is 4.42 Å². The molecule has 0 atom stereocenters. The van der Waals surface area contributed by atoms with Crippen LogP contribution in [-0.4, -0.2) is 14.3 Å². The van der Waals surface area contributed by atoms with E-state index in [2.05, 4.69) is 0 Å². The number of anilines is 1. The Labute approximate surface area is 193 Å². The molecule has 1 heterocycles. The van der Waals surface area contributed by atoms with Gasteiger partial charge in [-0.2, -0.15) is 4.31 Å². The number of sulfonamides is 1. The first-order valence-corrected chi connectivity index (χ1v) is 12.6. The van der Waals surface area contributed by atoms with Gasteiger partial charge in [-0.15, -0.1) is 0 Å². The van der Waals surface area contributed by atoms with Gasteiger partial charge in [0.25, 0.3) is 15.9 Å². The second-order valence-electron chi connectivity index (χ2n) is 8.60. The van der Waals surface area contributed by atoms with Crippen molar-refractivity contribution in [3.05, 3.63) is 94.7 Å². The lowest BCUT2D eigenvalue weighted by molar-refractivity contribution is 0.101. The Bertz CT molecular complexity index is 1470. The summed E-state index contributed by atoms with van der Waals surface area (Å²) in [6.07, 6.45) is 3.92. The minimum atomic E-state index is -4.17. The molecule has 1 amide bonds. The smallest absolute Gasteiger partial charge is 0.272 e. The molecule has 6 heteroatoms. The fraction of sp³-hybridized carbons (Fsp3) is 0.222. The lowest BCUT2D eigenvalue weighted by Gasteiger charge is -2.24. The fourth-order valence-electron chi connectivity index (χ4n) is 4.63. The highest BCUT2D eigenvalue weighted by atomic mass is 32.2. The molecule has 0 saturated heterocycles. The van der Waals surface area contributed by atoms with Crippen molar-refractivity contribution in [2.24, 2.45) is 0 Å². The topological polar surface area (TPSA) is 67.6 Å². The Morgan fingerprint density at radius 2 is 1.67 bits per heavy atom. The summed E-state index contributed by atoms with van der Waals surface area (Å²) in [6, 6.07) is 18.9. The highest BCUT2D eigenvalue weighted by molar-refractivity contribution is 7.93. The number of rotatable bonds is 4. The zero-order valence-electron chi connectivity index (χ0n) is 18.7. The number of hydrogen-bond acceptors (Lipinski definition) is 4. The van der Waals surface area contributed by atoms with Crippen LogP contribution in [0.25, 0.3) is 11.0 Å². The lowest BCUT2D eigenvalue weighted by atomic mass is 9.96. The van der Waals surface area contributed by atoms with Crippen LogP contribution in [0.2, 0.25) is 0 Å². The summed E-state index contributed by atoms with van der Waals surface area (Å²) in [4.78, 5) is 13.7. The molecule has 0 radical (unpaired) electrons. The third kappa shape index (κ3) is 3.74. The van der Waals surface area contributed by atoms with Crippen LogP contribution in [0.4, 0.5) is 5.69 Å². The predicted molar refractivity (Wildman–Crippen MR) is 129 cm³/mol. The Morgan fingerprint density at radius 3 is 2.42 bits per heavy atom. The molecule has 5 nitrogen and oxygen atoms in total. The Hall–Kier alpha value is -3.38. The van der Waals surface area contributed by atoms with Crippen LogP contribution in [-0.2, 0) is 22.9 Å². The van der Waals surface area contributed by atoms with E-state index in [9.17, 15) is 13.2 Å². The van der Waals surface area contributed by atoms with Crippen molar-refractivity contribution < 1.29 is 17.6 Å². The van der Waals surface area contributed by atoms with E-state index in [4.69, 9.17) is 4.42 Å². The van der Waals surface area contributed by atoms with Crippen molar-refractivity contribution in [3.8, 4) is 0 Å². The Morgan fingerprint density at radius 1 is 0.909 bits per heavy atom. The summed E-state index contributed by atoms with van der Waals surface area (Å²) in [7, 11) is -4.17. The first-order valence-electron chi connectivity index (χ1n) is 11.1. The number of amides is 1. The maximum absolute atomic E-state index is 13.9. The molecule has 0 aliphatic heterocycles. The molecule has 1 aliphatic carbocycles. The molecule has 0 unspecified atom stereocenters. The maximum Gasteiger partial charge on any atom is 0.272 e. The van der Waals surface area contributed by atoms with E-state index in [1.165, 1.54) is 0 Å². The molecular weight excluding hydrogens is 434 g/mol. The van der Waals surface area contributed by atoms with Crippen LogP contribution in [0.3, 0.4) is 0 Å². The van der Waals surface area contributed by atoms with Crippen molar-refractivity contribution in [3.63, 3.8) is 0 Å². The van der Waals surface area contributed by atoms with E-state index in [1.807, 2.05) is 13.0 Å². The summed E-state index contributed by atoms with van der Waals surface area (Å²) in [5, 5.41) is 0.879. The molecule has 0 fully saturated rings. The van der Waals surface area contributed by atoms with Gasteiger partial charge in [-0.3, -0.25) is 4.79 Å². The molecule has 3 aromatic carbocycles. The van der Waals surface area contributed by atoms with Crippen LogP contribution in [0.1, 0.15) is 45.7 Å². The molecular formula is C27H25NO4S. The van der Waals surface area contributed by atoms with Crippen LogP contribution in [0.5, 0.6) is 0 Å². The van der Waals surface area contributed by atoms with Gasteiger partial charge in [0, 0.05) is 22.9 Å². The van der Waals surface area contributed by atoms with Gasteiger partial charge in [-0.1, -0.05) is 35.9 Å². The highest BCUT2D eigenvalue weighted by Gasteiger charge is 2.33. The largest absolute Gasteiger partial charge is 0.461 e. The third-order valence-electron chi connectivity index (χ3n) is 6.23. The van der Waals surface area contributed by atoms with Crippen LogP contribution < -0.4 is 4.31 Å². The van der Waals surface area contributed by atoms with Crippen molar-refractivity contribution in [2.45, 2.75) is 44.4 Å². The summed E-state index contributed by atoms with van der Waals surface area (Å²) in [5.74, 6) is 0.374. The van der Waals surface area contributed by atoms with Crippen molar-refractivity contribution >= 4 is 32.6 Å². The third-order valence-corrected chi connectivity index (χ3v) is 8.10. The summed E-state index contributed by atoms with van der Waals surface area (Å²) in [5.41, 5.74) is 4.02. The molecule has 0 bridgehead atoms. The Balaban J connectivity index is 1.71. The molecule has 5 rings (SSSR count). The molecule has 0 spiro atoms.